The van der Waals surface area contributed by atoms with Crippen LogP contribution in [0, 0.1) is 0 Å². The van der Waals surface area contributed by atoms with Gasteiger partial charge in [0.25, 0.3) is 5.91 Å². The molecule has 0 saturated heterocycles. The third-order valence-corrected chi connectivity index (χ3v) is 5.25. The summed E-state index contributed by atoms with van der Waals surface area (Å²) in [7, 11) is 0. The van der Waals surface area contributed by atoms with Crippen LogP contribution in [-0.2, 0) is 19.1 Å². The van der Waals surface area contributed by atoms with Gasteiger partial charge in [0, 0.05) is 18.9 Å². The number of carbonyl (C=O) groups is 4. The van der Waals surface area contributed by atoms with Crippen molar-refractivity contribution in [1.82, 2.24) is 0 Å². The molecular formula is C20H20N2O5S. The van der Waals surface area contributed by atoms with E-state index in [1.165, 1.54) is 16.2 Å². The Balaban J connectivity index is 1.58. The van der Waals surface area contributed by atoms with Crippen LogP contribution in [0.5, 0.6) is 0 Å². The number of thiophene rings is 1. The third kappa shape index (κ3) is 4.64. The Morgan fingerprint density at radius 1 is 1.18 bits per heavy atom. The van der Waals surface area contributed by atoms with Crippen molar-refractivity contribution >= 4 is 46.3 Å². The first-order valence-electron chi connectivity index (χ1n) is 8.89. The van der Waals surface area contributed by atoms with E-state index in [0.29, 0.717) is 16.3 Å². The molecular weight excluding hydrogens is 380 g/mol. The number of hydrogen-bond acceptors (Lipinski definition) is 6. The number of fused-ring (bicyclic) bond motifs is 1. The predicted octanol–water partition coefficient (Wildman–Crippen LogP) is 3.02. The maximum atomic E-state index is 12.7. The largest absolute Gasteiger partial charge is 0.456 e. The van der Waals surface area contributed by atoms with Crippen molar-refractivity contribution < 1.29 is 23.9 Å². The fourth-order valence-corrected chi connectivity index (χ4v) is 3.72. The molecule has 0 aliphatic carbocycles. The number of carbonyl (C=O) groups excluding carboxylic acids is 4. The van der Waals surface area contributed by atoms with Crippen molar-refractivity contribution in [1.29, 1.82) is 0 Å². The van der Waals surface area contributed by atoms with Gasteiger partial charge in [-0.2, -0.15) is 0 Å². The minimum atomic E-state index is -0.608. The molecule has 2 aromatic rings. The standard InChI is InChI=1S/C20H20N2O5S/c1-13-11-18(24)21-14-5-2-3-6-15(14)22(13)19(25)12-27-20(26)9-8-16(23)17-7-4-10-28-17/h2-7,10,13H,8-9,11-12H2,1H3,(H,21,24). The van der Waals surface area contributed by atoms with Crippen LogP contribution in [0.25, 0.3) is 0 Å². The van der Waals surface area contributed by atoms with Gasteiger partial charge in [-0.05, 0) is 30.5 Å². The van der Waals surface area contributed by atoms with Crippen molar-refractivity contribution in [3.63, 3.8) is 0 Å². The van der Waals surface area contributed by atoms with Crippen LogP contribution in [0.1, 0.15) is 35.9 Å². The molecule has 3 rings (SSSR count). The minimum Gasteiger partial charge on any atom is -0.456 e. The molecule has 8 heteroatoms. The summed E-state index contributed by atoms with van der Waals surface area (Å²) in [6.45, 7) is 1.32. The van der Waals surface area contributed by atoms with Gasteiger partial charge in [0.05, 0.1) is 22.7 Å². The molecule has 1 aliphatic rings. The number of para-hydroxylation sites is 2. The van der Waals surface area contributed by atoms with E-state index in [1.54, 1.807) is 48.7 Å². The third-order valence-electron chi connectivity index (χ3n) is 4.34. The Hall–Kier alpha value is -3.00. The summed E-state index contributed by atoms with van der Waals surface area (Å²) in [6, 6.07) is 10.1. The maximum Gasteiger partial charge on any atom is 0.306 e. The number of esters is 1. The Kier molecular flexibility index (Phi) is 6.20. The Bertz CT molecular complexity index is 894. The van der Waals surface area contributed by atoms with Gasteiger partial charge in [0.15, 0.2) is 12.4 Å². The topological polar surface area (TPSA) is 92.8 Å². The van der Waals surface area contributed by atoms with Crippen LogP contribution >= 0.6 is 11.3 Å². The SMILES string of the molecule is CC1CC(=O)Nc2ccccc2N1C(=O)COC(=O)CCC(=O)c1cccs1. The highest BCUT2D eigenvalue weighted by Crippen LogP contribution is 2.31. The molecule has 0 radical (unpaired) electrons. The highest BCUT2D eigenvalue weighted by molar-refractivity contribution is 7.12. The van der Waals surface area contributed by atoms with Gasteiger partial charge < -0.3 is 15.0 Å². The fraction of sp³-hybridized carbons (Fsp3) is 0.300. The highest BCUT2D eigenvalue weighted by atomic mass is 32.1. The number of benzene rings is 1. The molecule has 0 spiro atoms. The van der Waals surface area contributed by atoms with Crippen molar-refractivity contribution in [2.75, 3.05) is 16.8 Å². The lowest BCUT2D eigenvalue weighted by Crippen LogP contribution is -2.41. The Morgan fingerprint density at radius 3 is 2.71 bits per heavy atom. The second-order valence-electron chi connectivity index (χ2n) is 6.44. The van der Waals surface area contributed by atoms with Crippen molar-refractivity contribution in [2.24, 2.45) is 0 Å². The molecule has 146 valence electrons. The molecule has 0 saturated carbocycles. The molecule has 1 aromatic carbocycles. The first-order chi connectivity index (χ1) is 13.5. The average molecular weight is 400 g/mol. The number of hydrogen-bond donors (Lipinski definition) is 1. The summed E-state index contributed by atoms with van der Waals surface area (Å²) < 4.78 is 5.07. The van der Waals surface area contributed by atoms with E-state index in [-0.39, 0.29) is 37.0 Å². The predicted molar refractivity (Wildman–Crippen MR) is 105 cm³/mol. The van der Waals surface area contributed by atoms with Crippen molar-refractivity contribution in [2.45, 2.75) is 32.2 Å². The lowest BCUT2D eigenvalue weighted by Gasteiger charge is -2.27. The number of ether oxygens (including phenoxy) is 1. The number of nitrogens with zero attached hydrogens (tertiary/aromatic N) is 1. The first kappa shape index (κ1) is 19.8. The number of nitrogens with one attached hydrogen (secondary N) is 1. The van der Waals surface area contributed by atoms with Crippen molar-refractivity contribution in [3.05, 3.63) is 46.7 Å². The van der Waals surface area contributed by atoms with Crippen LogP contribution in [0.3, 0.4) is 0 Å². The van der Waals surface area contributed by atoms with Crippen LogP contribution < -0.4 is 10.2 Å². The highest BCUT2D eigenvalue weighted by Gasteiger charge is 2.30. The van der Waals surface area contributed by atoms with E-state index in [2.05, 4.69) is 5.32 Å². The lowest BCUT2D eigenvalue weighted by atomic mass is 10.1. The molecule has 1 aliphatic heterocycles. The molecule has 1 atom stereocenters. The fourth-order valence-electron chi connectivity index (χ4n) is 3.03. The van der Waals surface area contributed by atoms with Crippen LogP contribution in [0.2, 0.25) is 0 Å². The van der Waals surface area contributed by atoms with Crippen molar-refractivity contribution in [3.8, 4) is 0 Å². The lowest BCUT2D eigenvalue weighted by molar-refractivity contribution is -0.147. The van der Waals surface area contributed by atoms with E-state index in [4.69, 9.17) is 4.74 Å². The van der Waals surface area contributed by atoms with Gasteiger partial charge in [-0.15, -0.1) is 11.3 Å². The quantitative estimate of drug-likeness (QED) is 0.594. The van der Waals surface area contributed by atoms with Crippen LogP contribution in [0.4, 0.5) is 11.4 Å². The first-order valence-corrected chi connectivity index (χ1v) is 9.77. The Morgan fingerprint density at radius 2 is 1.96 bits per heavy atom. The molecule has 7 nitrogen and oxygen atoms in total. The normalized spacial score (nSPS) is 16.0. The molecule has 0 fully saturated rings. The molecule has 2 heterocycles. The van der Waals surface area contributed by atoms with Crippen LogP contribution in [0.15, 0.2) is 41.8 Å². The molecule has 1 aromatic heterocycles. The zero-order chi connectivity index (χ0) is 20.1. The minimum absolute atomic E-state index is 0.0366. The van der Waals surface area contributed by atoms with E-state index in [0.717, 1.165) is 0 Å². The summed E-state index contributed by atoms with van der Waals surface area (Å²) in [5, 5.41) is 4.57. The monoisotopic (exact) mass is 400 g/mol. The summed E-state index contributed by atoms with van der Waals surface area (Å²) >= 11 is 1.32. The maximum absolute atomic E-state index is 12.7. The van der Waals surface area contributed by atoms with E-state index >= 15 is 0 Å². The summed E-state index contributed by atoms with van der Waals surface area (Å²) in [5.74, 6) is -1.34. The van der Waals surface area contributed by atoms with Gasteiger partial charge in [0.2, 0.25) is 5.91 Å². The number of anilines is 2. The summed E-state index contributed by atoms with van der Waals surface area (Å²) in [6.07, 6.45) is 0.0921. The number of amides is 2. The summed E-state index contributed by atoms with van der Waals surface area (Å²) in [4.78, 5) is 50.6. The second kappa shape index (κ2) is 8.79. The number of ketones is 1. The van der Waals surface area contributed by atoms with E-state index < -0.39 is 18.5 Å². The van der Waals surface area contributed by atoms with E-state index in [1.807, 2.05) is 0 Å². The number of Topliss-reactive ketones (excluding diaryl/α,β-unsaturated/α-hetero) is 1. The molecule has 1 unspecified atom stereocenters. The molecule has 2 amide bonds. The zero-order valence-corrected chi connectivity index (χ0v) is 16.2. The van der Waals surface area contributed by atoms with Gasteiger partial charge >= 0.3 is 5.97 Å². The Labute approximate surface area is 166 Å². The van der Waals surface area contributed by atoms with Gasteiger partial charge in [-0.25, -0.2) is 0 Å². The van der Waals surface area contributed by atoms with Gasteiger partial charge in [-0.3, -0.25) is 19.2 Å². The van der Waals surface area contributed by atoms with Gasteiger partial charge in [-0.1, -0.05) is 18.2 Å². The average Bonchev–Trinajstić information content (AvgIpc) is 3.16. The zero-order valence-electron chi connectivity index (χ0n) is 15.3. The molecule has 1 N–H and O–H groups in total. The molecule has 28 heavy (non-hydrogen) atoms. The summed E-state index contributed by atoms with van der Waals surface area (Å²) in [5.41, 5.74) is 1.10. The van der Waals surface area contributed by atoms with Gasteiger partial charge in [0.1, 0.15) is 0 Å². The smallest absolute Gasteiger partial charge is 0.306 e. The second-order valence-corrected chi connectivity index (χ2v) is 7.39. The number of rotatable bonds is 6. The molecule has 0 bridgehead atoms. The van der Waals surface area contributed by atoms with Crippen LogP contribution in [-0.4, -0.2) is 36.2 Å². The van der Waals surface area contributed by atoms with E-state index in [9.17, 15) is 19.2 Å².